The average Bonchev–Trinajstić information content (AvgIpc) is 3.37. The summed E-state index contributed by atoms with van der Waals surface area (Å²) in [6.45, 7) is 5.74. The lowest BCUT2D eigenvalue weighted by atomic mass is 9.99. The fourth-order valence-electron chi connectivity index (χ4n) is 9.28. The normalized spacial score (nSPS) is 19.8. The molecule has 0 spiro atoms. The van der Waals surface area contributed by atoms with Gasteiger partial charge in [-0.3, -0.25) is 9.59 Å². The molecule has 11 heteroatoms. The van der Waals surface area contributed by atoms with Crippen molar-refractivity contribution in [3.05, 3.63) is 36.5 Å². The highest BCUT2D eigenvalue weighted by Gasteiger charge is 2.47. The Labute approximate surface area is 434 Å². The standard InChI is InChI=1S/C60H111NO10/c1-4-7-10-13-16-19-22-24-25-26-27-28-29-30-33-36-39-42-45-48-55(65)71-58-57(67)56(66)54(49-62)70-60(58)69-50-51(52(63)46-43-40-37-34-31-21-18-15-12-9-6-3)61-59(68)53(64)47-44-41-38-35-32-23-20-17-14-11-8-5-2/h32,35,41,43-44,46,51-54,56-58,60,62-64,66-67H,4-31,33-34,36-40,42,45,47-50H2,1-3H3,(H,61,68)/b35-32-,44-41+,46-43+. The first-order valence-electron chi connectivity index (χ1n) is 29.8. The van der Waals surface area contributed by atoms with Crippen LogP contribution in [0.15, 0.2) is 36.5 Å². The highest BCUT2D eigenvalue weighted by Crippen LogP contribution is 2.26. The van der Waals surface area contributed by atoms with Gasteiger partial charge < -0.3 is 45.1 Å². The monoisotopic (exact) mass is 1010 g/mol. The number of amides is 1. The van der Waals surface area contributed by atoms with E-state index < -0.39 is 67.4 Å². The molecular weight excluding hydrogens is 895 g/mol. The van der Waals surface area contributed by atoms with Crippen LogP contribution < -0.4 is 5.32 Å². The average molecular weight is 1010 g/mol. The number of carbonyl (C=O) groups excluding carboxylic acids is 2. The summed E-state index contributed by atoms with van der Waals surface area (Å²) >= 11 is 0. The second-order valence-corrected chi connectivity index (χ2v) is 20.7. The van der Waals surface area contributed by atoms with Crippen molar-refractivity contribution in [2.24, 2.45) is 0 Å². The van der Waals surface area contributed by atoms with E-state index >= 15 is 0 Å². The quantitative estimate of drug-likeness (QED) is 0.0195. The van der Waals surface area contributed by atoms with E-state index in [1.165, 1.54) is 180 Å². The van der Waals surface area contributed by atoms with Crippen molar-refractivity contribution < 1.29 is 49.3 Å². The molecule has 71 heavy (non-hydrogen) atoms. The molecular formula is C60H111NO10. The highest BCUT2D eigenvalue weighted by molar-refractivity contribution is 5.81. The summed E-state index contributed by atoms with van der Waals surface area (Å²) in [5.74, 6) is -1.26. The number of ether oxygens (including phenoxy) is 3. The first kappa shape index (κ1) is 66.9. The van der Waals surface area contributed by atoms with Gasteiger partial charge >= 0.3 is 5.97 Å². The maximum absolute atomic E-state index is 13.3. The van der Waals surface area contributed by atoms with Crippen molar-refractivity contribution >= 4 is 11.9 Å². The van der Waals surface area contributed by atoms with Gasteiger partial charge in [0.1, 0.15) is 24.4 Å². The zero-order valence-corrected chi connectivity index (χ0v) is 45.9. The Hall–Kier alpha value is -2.12. The number of hydrogen-bond acceptors (Lipinski definition) is 10. The number of aliphatic hydroxyl groups excluding tert-OH is 5. The van der Waals surface area contributed by atoms with Gasteiger partial charge in [0.25, 0.3) is 0 Å². The van der Waals surface area contributed by atoms with Crippen LogP contribution in [0.25, 0.3) is 0 Å². The topological polar surface area (TPSA) is 175 Å². The lowest BCUT2D eigenvalue weighted by Crippen LogP contribution is -2.61. The summed E-state index contributed by atoms with van der Waals surface area (Å²) in [7, 11) is 0. The number of nitrogens with one attached hydrogen (secondary N) is 1. The number of unbranched alkanes of at least 4 members (excludes halogenated alkanes) is 33. The summed E-state index contributed by atoms with van der Waals surface area (Å²) in [5, 5.41) is 56.7. The summed E-state index contributed by atoms with van der Waals surface area (Å²) in [6.07, 6.45) is 46.5. The Morgan fingerprint density at radius 1 is 0.549 bits per heavy atom. The first-order chi connectivity index (χ1) is 34.7. The fraction of sp³-hybridized carbons (Fsp3) is 0.867. The number of carbonyl (C=O) groups is 2. The Bertz CT molecular complexity index is 1290. The van der Waals surface area contributed by atoms with Gasteiger partial charge in [-0.05, 0) is 38.5 Å². The van der Waals surface area contributed by atoms with Crippen molar-refractivity contribution in [2.75, 3.05) is 13.2 Å². The smallest absolute Gasteiger partial charge is 0.306 e. The lowest BCUT2D eigenvalue weighted by molar-refractivity contribution is -0.305. The summed E-state index contributed by atoms with van der Waals surface area (Å²) < 4.78 is 17.6. The fourth-order valence-corrected chi connectivity index (χ4v) is 9.28. The van der Waals surface area contributed by atoms with Gasteiger partial charge in [0.05, 0.1) is 25.4 Å². The number of allylic oxidation sites excluding steroid dienone is 4. The van der Waals surface area contributed by atoms with Crippen LogP contribution in [0.1, 0.15) is 271 Å². The maximum Gasteiger partial charge on any atom is 0.306 e. The molecule has 0 aromatic carbocycles. The third-order valence-corrected chi connectivity index (χ3v) is 14.1. The number of rotatable bonds is 50. The molecule has 0 aromatic heterocycles. The van der Waals surface area contributed by atoms with Crippen LogP contribution in [0.5, 0.6) is 0 Å². The van der Waals surface area contributed by atoms with Gasteiger partial charge in [0.15, 0.2) is 12.4 Å². The van der Waals surface area contributed by atoms with Gasteiger partial charge in [0.2, 0.25) is 5.91 Å². The largest absolute Gasteiger partial charge is 0.454 e. The van der Waals surface area contributed by atoms with Gasteiger partial charge in [-0.25, -0.2) is 0 Å². The molecule has 1 aliphatic heterocycles. The van der Waals surface area contributed by atoms with Gasteiger partial charge in [-0.1, -0.05) is 256 Å². The van der Waals surface area contributed by atoms with Crippen LogP contribution in [0.3, 0.4) is 0 Å². The van der Waals surface area contributed by atoms with E-state index in [0.717, 1.165) is 44.9 Å². The predicted octanol–water partition coefficient (Wildman–Crippen LogP) is 13.5. The van der Waals surface area contributed by atoms with Crippen molar-refractivity contribution in [3.63, 3.8) is 0 Å². The van der Waals surface area contributed by atoms with Crippen LogP contribution in [0, 0.1) is 0 Å². The third-order valence-electron chi connectivity index (χ3n) is 14.1. The Kier molecular flexibility index (Phi) is 46.0. The number of esters is 1. The molecule has 1 fully saturated rings. The molecule has 6 N–H and O–H groups in total. The molecule has 0 bridgehead atoms. The summed E-state index contributed by atoms with van der Waals surface area (Å²) in [4.78, 5) is 26.4. The van der Waals surface area contributed by atoms with E-state index in [-0.39, 0.29) is 19.4 Å². The molecule has 1 amide bonds. The summed E-state index contributed by atoms with van der Waals surface area (Å²) in [6, 6.07) is -1.05. The lowest BCUT2D eigenvalue weighted by Gasteiger charge is -2.41. The van der Waals surface area contributed by atoms with Crippen LogP contribution in [0.4, 0.5) is 0 Å². The molecule has 1 rings (SSSR count). The maximum atomic E-state index is 13.3. The SMILES string of the molecule is CCCCCCCC/C=C\C/C=C/CC(O)C(=O)NC(COC1OC(CO)C(O)C(O)C1OC(=O)CCCCCCCCCCCCCCCCCCCCC)C(O)/C=C/CCCCCCCCCCC. The van der Waals surface area contributed by atoms with Crippen LogP contribution in [-0.4, -0.2) is 99.6 Å². The molecule has 0 aromatic rings. The van der Waals surface area contributed by atoms with Crippen LogP contribution in [0.2, 0.25) is 0 Å². The minimum atomic E-state index is -1.62. The Balaban J connectivity index is 2.68. The molecule has 8 atom stereocenters. The van der Waals surface area contributed by atoms with E-state index in [9.17, 15) is 35.1 Å². The minimum Gasteiger partial charge on any atom is -0.454 e. The van der Waals surface area contributed by atoms with Crippen molar-refractivity contribution in [3.8, 4) is 0 Å². The molecule has 0 radical (unpaired) electrons. The Morgan fingerprint density at radius 2 is 0.972 bits per heavy atom. The zero-order chi connectivity index (χ0) is 51.8. The molecule has 1 heterocycles. The third kappa shape index (κ3) is 37.3. The van der Waals surface area contributed by atoms with E-state index in [4.69, 9.17) is 14.2 Å². The molecule has 11 nitrogen and oxygen atoms in total. The number of aliphatic hydroxyl groups is 5. The van der Waals surface area contributed by atoms with Crippen molar-refractivity contribution in [1.29, 1.82) is 0 Å². The molecule has 8 unspecified atom stereocenters. The van der Waals surface area contributed by atoms with Gasteiger partial charge in [-0.15, -0.1) is 0 Å². The van der Waals surface area contributed by atoms with Gasteiger partial charge in [0, 0.05) is 12.8 Å². The van der Waals surface area contributed by atoms with Gasteiger partial charge in [-0.2, -0.15) is 0 Å². The van der Waals surface area contributed by atoms with E-state index in [1.54, 1.807) is 12.2 Å². The second-order valence-electron chi connectivity index (χ2n) is 20.7. The van der Waals surface area contributed by atoms with Crippen LogP contribution in [-0.2, 0) is 23.8 Å². The van der Waals surface area contributed by atoms with E-state index in [2.05, 4.69) is 38.2 Å². The van der Waals surface area contributed by atoms with Crippen LogP contribution >= 0.6 is 0 Å². The van der Waals surface area contributed by atoms with Crippen molar-refractivity contribution in [2.45, 2.75) is 320 Å². The minimum absolute atomic E-state index is 0.0841. The van der Waals surface area contributed by atoms with E-state index in [0.29, 0.717) is 12.8 Å². The predicted molar refractivity (Wildman–Crippen MR) is 292 cm³/mol. The summed E-state index contributed by atoms with van der Waals surface area (Å²) in [5.41, 5.74) is 0. The highest BCUT2D eigenvalue weighted by atomic mass is 16.7. The number of hydrogen-bond donors (Lipinski definition) is 6. The molecule has 1 saturated heterocycles. The molecule has 0 saturated carbocycles. The molecule has 1 aliphatic rings. The second kappa shape index (κ2) is 48.8. The van der Waals surface area contributed by atoms with E-state index in [1.807, 2.05) is 12.2 Å². The zero-order valence-electron chi connectivity index (χ0n) is 45.9. The Morgan fingerprint density at radius 3 is 1.44 bits per heavy atom. The van der Waals surface area contributed by atoms with Crippen molar-refractivity contribution in [1.82, 2.24) is 5.32 Å². The first-order valence-corrected chi connectivity index (χ1v) is 29.8. The molecule has 416 valence electrons. The molecule has 0 aliphatic carbocycles.